The lowest BCUT2D eigenvalue weighted by molar-refractivity contribution is 0.585. The minimum Gasteiger partial charge on any atom is -0.313 e. The number of nitrogens with one attached hydrogen (secondary N) is 1. The Bertz CT molecular complexity index is 1090. The molecule has 0 aliphatic heterocycles. The Morgan fingerprint density at radius 1 is 0.938 bits per heavy atom. The summed E-state index contributed by atoms with van der Waals surface area (Å²) in [6.07, 6.45) is 12.1. The smallest absolute Gasteiger partial charge is 0.313 e. The van der Waals surface area contributed by atoms with E-state index in [2.05, 4.69) is 24.0 Å². The average Bonchev–Trinajstić information content (AvgIpc) is 3.16. The fourth-order valence-corrected chi connectivity index (χ4v) is 5.04. The molecule has 3 rings (SSSR count). The highest BCUT2D eigenvalue weighted by molar-refractivity contribution is 7.99. The molecule has 7 heteroatoms. The van der Waals surface area contributed by atoms with Crippen LogP contribution in [-0.4, -0.2) is 24.9 Å². The van der Waals surface area contributed by atoms with E-state index >= 15 is 0 Å². The first-order valence-corrected chi connectivity index (χ1v) is 13.0. The third-order valence-corrected chi connectivity index (χ3v) is 6.95. The predicted molar refractivity (Wildman–Crippen MR) is 134 cm³/mol. The van der Waals surface area contributed by atoms with Crippen LogP contribution in [0.3, 0.4) is 0 Å². The maximum atomic E-state index is 12.6. The molecule has 0 aliphatic carbocycles. The van der Waals surface area contributed by atoms with Gasteiger partial charge in [0.2, 0.25) is 0 Å². The van der Waals surface area contributed by atoms with E-state index in [0.29, 0.717) is 17.7 Å². The molecule has 0 aliphatic rings. The zero-order valence-corrected chi connectivity index (χ0v) is 20.3. The van der Waals surface area contributed by atoms with Crippen LogP contribution in [0.1, 0.15) is 70.3 Å². The number of aromatic amines is 1. The molecular formula is C25H36N4O2S. The summed E-state index contributed by atoms with van der Waals surface area (Å²) in [6.45, 7) is 2.95. The van der Waals surface area contributed by atoms with Crippen molar-refractivity contribution in [3.8, 4) is 0 Å². The molecule has 0 saturated heterocycles. The highest BCUT2D eigenvalue weighted by Gasteiger charge is 2.17. The predicted octanol–water partition coefficient (Wildman–Crippen LogP) is 5.29. The number of benzene rings is 1. The average molecular weight is 457 g/mol. The van der Waals surface area contributed by atoms with Gasteiger partial charge in [-0.1, -0.05) is 94.0 Å². The number of hydrogen-bond acceptors (Lipinski definition) is 4. The zero-order chi connectivity index (χ0) is 22.8. The van der Waals surface area contributed by atoms with E-state index in [1.54, 1.807) is 18.8 Å². The molecule has 6 nitrogen and oxygen atoms in total. The fourth-order valence-electron chi connectivity index (χ4n) is 4.02. The Labute approximate surface area is 194 Å². The zero-order valence-electron chi connectivity index (χ0n) is 19.4. The molecule has 32 heavy (non-hydrogen) atoms. The molecule has 174 valence electrons. The molecule has 0 atom stereocenters. The van der Waals surface area contributed by atoms with Crippen molar-refractivity contribution >= 4 is 22.9 Å². The lowest BCUT2D eigenvalue weighted by atomic mass is 10.1. The highest BCUT2D eigenvalue weighted by atomic mass is 32.2. The lowest BCUT2D eigenvalue weighted by Crippen LogP contribution is -2.29. The van der Waals surface area contributed by atoms with Crippen molar-refractivity contribution in [2.45, 2.75) is 82.8 Å². The van der Waals surface area contributed by atoms with Crippen LogP contribution in [0.5, 0.6) is 0 Å². The van der Waals surface area contributed by atoms with E-state index in [4.69, 9.17) is 4.98 Å². The Morgan fingerprint density at radius 2 is 1.62 bits per heavy atom. The number of unbranched alkanes of at least 4 members (excludes halogenated alkanes) is 7. The maximum absolute atomic E-state index is 12.6. The molecule has 0 bridgehead atoms. The summed E-state index contributed by atoms with van der Waals surface area (Å²) < 4.78 is 3.44. The van der Waals surface area contributed by atoms with Gasteiger partial charge in [-0.05, 0) is 24.8 Å². The highest BCUT2D eigenvalue weighted by Crippen LogP contribution is 2.24. The van der Waals surface area contributed by atoms with Gasteiger partial charge in [0, 0.05) is 19.3 Å². The van der Waals surface area contributed by atoms with Crippen LogP contribution in [0.4, 0.5) is 0 Å². The second kappa shape index (κ2) is 12.7. The number of aryl methyl sites for hydroxylation is 3. The first-order valence-electron chi connectivity index (χ1n) is 12.0. The van der Waals surface area contributed by atoms with E-state index in [1.165, 1.54) is 55.1 Å². The van der Waals surface area contributed by atoms with Crippen molar-refractivity contribution in [2.75, 3.05) is 5.75 Å². The quantitative estimate of drug-likeness (QED) is 0.264. The van der Waals surface area contributed by atoms with Gasteiger partial charge in [-0.2, -0.15) is 0 Å². The van der Waals surface area contributed by atoms with Crippen molar-refractivity contribution in [1.82, 2.24) is 19.1 Å². The molecule has 1 N–H and O–H groups in total. The van der Waals surface area contributed by atoms with Gasteiger partial charge in [-0.15, -0.1) is 0 Å². The largest absolute Gasteiger partial charge is 0.329 e. The first-order chi connectivity index (χ1) is 15.6. The second-order valence-corrected chi connectivity index (χ2v) is 9.51. The maximum Gasteiger partial charge on any atom is 0.329 e. The number of thioether (sulfide) groups is 1. The number of rotatable bonds is 14. The van der Waals surface area contributed by atoms with E-state index in [0.717, 1.165) is 30.2 Å². The van der Waals surface area contributed by atoms with Gasteiger partial charge in [0.25, 0.3) is 5.56 Å². The molecule has 0 amide bonds. The van der Waals surface area contributed by atoms with Crippen LogP contribution in [0, 0.1) is 0 Å². The summed E-state index contributed by atoms with van der Waals surface area (Å²) in [6, 6.07) is 10.4. The van der Waals surface area contributed by atoms with Gasteiger partial charge in [0.15, 0.2) is 16.3 Å². The monoisotopic (exact) mass is 456 g/mol. The van der Waals surface area contributed by atoms with Crippen molar-refractivity contribution in [1.29, 1.82) is 0 Å². The third kappa shape index (κ3) is 6.61. The molecule has 0 unspecified atom stereocenters. The van der Waals surface area contributed by atoms with Crippen LogP contribution in [0.2, 0.25) is 0 Å². The number of nitrogens with zero attached hydrogens (tertiary/aromatic N) is 3. The van der Waals surface area contributed by atoms with E-state index < -0.39 is 5.69 Å². The normalized spacial score (nSPS) is 11.4. The van der Waals surface area contributed by atoms with E-state index in [9.17, 15) is 9.59 Å². The summed E-state index contributed by atoms with van der Waals surface area (Å²) in [7, 11) is 1.66. The van der Waals surface area contributed by atoms with Crippen molar-refractivity contribution in [2.24, 2.45) is 7.05 Å². The molecule has 0 spiro atoms. The van der Waals surface area contributed by atoms with Crippen LogP contribution in [0.15, 0.2) is 45.1 Å². The first kappa shape index (κ1) is 24.4. The Kier molecular flexibility index (Phi) is 9.65. The minimum atomic E-state index is -0.420. The molecule has 2 heterocycles. The molecule has 0 saturated carbocycles. The summed E-state index contributed by atoms with van der Waals surface area (Å²) in [5, 5.41) is 0.836. The molecular weight excluding hydrogens is 420 g/mol. The second-order valence-electron chi connectivity index (χ2n) is 8.45. The third-order valence-electron chi connectivity index (χ3n) is 5.89. The SMILES string of the molecule is CCCCCCCCCCSc1nc2c(c(=O)[nH]c(=O)n2C)n1CCCc1ccccc1. The molecule has 3 aromatic rings. The Hall–Kier alpha value is -2.28. The Morgan fingerprint density at radius 3 is 2.34 bits per heavy atom. The van der Waals surface area contributed by atoms with Gasteiger partial charge < -0.3 is 4.57 Å². The standard InChI is InChI=1S/C25H36N4O2S/c1-3-4-5-6-7-8-9-13-19-32-25-26-22-21(23(30)27-24(31)28(22)2)29(25)18-14-17-20-15-11-10-12-16-20/h10-12,15-16H,3-9,13-14,17-19H2,1-2H3,(H,27,30,31). The topological polar surface area (TPSA) is 72.7 Å². The van der Waals surface area contributed by atoms with Crippen LogP contribution < -0.4 is 11.2 Å². The van der Waals surface area contributed by atoms with Gasteiger partial charge in [-0.3, -0.25) is 14.3 Å². The molecule has 1 aromatic carbocycles. The van der Waals surface area contributed by atoms with Gasteiger partial charge in [0.05, 0.1) is 0 Å². The Balaban J connectivity index is 1.64. The van der Waals surface area contributed by atoms with Gasteiger partial charge >= 0.3 is 5.69 Å². The summed E-state index contributed by atoms with van der Waals surface area (Å²) in [5.74, 6) is 0.975. The van der Waals surface area contributed by atoms with E-state index in [-0.39, 0.29) is 5.56 Å². The van der Waals surface area contributed by atoms with Crippen molar-refractivity contribution in [3.63, 3.8) is 0 Å². The lowest BCUT2D eigenvalue weighted by Gasteiger charge is -2.09. The van der Waals surface area contributed by atoms with Crippen LogP contribution in [-0.2, 0) is 20.0 Å². The molecule has 0 fully saturated rings. The number of hydrogen-bond donors (Lipinski definition) is 1. The fraction of sp³-hybridized carbons (Fsp3) is 0.560. The summed E-state index contributed by atoms with van der Waals surface area (Å²) >= 11 is 1.70. The van der Waals surface area contributed by atoms with Gasteiger partial charge in [-0.25, -0.2) is 9.78 Å². The minimum absolute atomic E-state index is 0.353. The van der Waals surface area contributed by atoms with Gasteiger partial charge in [0.1, 0.15) is 0 Å². The van der Waals surface area contributed by atoms with E-state index in [1.807, 2.05) is 22.8 Å². The number of imidazole rings is 1. The number of H-pyrrole nitrogens is 1. The summed E-state index contributed by atoms with van der Waals surface area (Å²) in [5.41, 5.74) is 1.48. The number of aromatic nitrogens is 4. The molecule has 2 aromatic heterocycles. The van der Waals surface area contributed by atoms with Crippen LogP contribution >= 0.6 is 11.8 Å². The summed E-state index contributed by atoms with van der Waals surface area (Å²) in [4.78, 5) is 31.8. The van der Waals surface area contributed by atoms with Crippen LogP contribution in [0.25, 0.3) is 11.2 Å². The molecule has 0 radical (unpaired) electrons. The van der Waals surface area contributed by atoms with Crippen molar-refractivity contribution < 1.29 is 0 Å². The number of fused-ring (bicyclic) bond motifs is 1. The van der Waals surface area contributed by atoms with Crippen molar-refractivity contribution in [3.05, 3.63) is 56.7 Å².